The van der Waals surface area contributed by atoms with Crippen LogP contribution in [-0.4, -0.2) is 35.8 Å². The predicted molar refractivity (Wildman–Crippen MR) is 124 cm³/mol. The van der Waals surface area contributed by atoms with Crippen LogP contribution in [0.4, 0.5) is 14.5 Å². The highest BCUT2D eigenvalue weighted by Crippen LogP contribution is 2.35. The van der Waals surface area contributed by atoms with Crippen molar-refractivity contribution in [1.82, 2.24) is 0 Å². The molecule has 2 aromatic rings. The van der Waals surface area contributed by atoms with E-state index in [-0.39, 0.29) is 28.4 Å². The number of hydrogen-bond acceptors (Lipinski definition) is 6. The number of methoxy groups -OCH3 is 1. The molecule has 0 bridgehead atoms. The Hall–Kier alpha value is -3.20. The fourth-order valence-electron chi connectivity index (χ4n) is 3.64. The minimum atomic E-state index is -2.94. The first kappa shape index (κ1) is 23.0. The van der Waals surface area contributed by atoms with E-state index in [4.69, 9.17) is 4.74 Å². The number of aliphatic imine (C=N–C) groups is 1. The lowest BCUT2D eigenvalue weighted by molar-refractivity contribution is -0.119. The summed E-state index contributed by atoms with van der Waals surface area (Å²) >= 11 is 1.27. The van der Waals surface area contributed by atoms with Crippen molar-refractivity contribution in [3.8, 4) is 11.5 Å². The second-order valence-corrected chi connectivity index (χ2v) is 8.70. The van der Waals surface area contributed by atoms with E-state index < -0.39 is 6.61 Å². The molecule has 1 atom stereocenters. The Labute approximate surface area is 194 Å². The smallest absolute Gasteiger partial charge is 0.387 e. The summed E-state index contributed by atoms with van der Waals surface area (Å²) in [5.41, 5.74) is 1.44. The predicted octanol–water partition coefficient (Wildman–Crippen LogP) is 5.29. The first-order chi connectivity index (χ1) is 15.9. The van der Waals surface area contributed by atoms with Crippen molar-refractivity contribution in [2.45, 2.75) is 37.5 Å². The Morgan fingerprint density at radius 1 is 1.06 bits per heavy atom. The molecular weight excluding hydrogens is 450 g/mol. The van der Waals surface area contributed by atoms with Crippen LogP contribution in [0.5, 0.6) is 11.5 Å². The average Bonchev–Trinajstić information content (AvgIpc) is 3.10. The quantitative estimate of drug-likeness (QED) is 0.535. The third-order valence-electron chi connectivity index (χ3n) is 5.32. The Balaban J connectivity index is 1.65. The maximum atomic E-state index is 13.3. The van der Waals surface area contributed by atoms with Crippen molar-refractivity contribution in [3.63, 3.8) is 0 Å². The molecule has 1 saturated carbocycles. The molecule has 1 aliphatic heterocycles. The topological polar surface area (TPSA) is 68.2 Å². The molecule has 0 radical (unpaired) electrons. The summed E-state index contributed by atoms with van der Waals surface area (Å²) in [6, 6.07) is 13.0. The second-order valence-electron chi connectivity index (χ2n) is 7.53. The maximum Gasteiger partial charge on any atom is 0.387 e. The number of rotatable bonds is 6. The van der Waals surface area contributed by atoms with E-state index in [2.05, 4.69) is 9.73 Å². The number of hydrogen-bond donors (Lipinski definition) is 0. The molecule has 2 aliphatic rings. The van der Waals surface area contributed by atoms with E-state index >= 15 is 0 Å². The Morgan fingerprint density at radius 3 is 2.39 bits per heavy atom. The Bertz CT molecular complexity index is 1080. The van der Waals surface area contributed by atoms with Gasteiger partial charge in [0.2, 0.25) is 0 Å². The molecule has 33 heavy (non-hydrogen) atoms. The van der Waals surface area contributed by atoms with Crippen molar-refractivity contribution < 1.29 is 27.8 Å². The van der Waals surface area contributed by atoms with Gasteiger partial charge in [-0.2, -0.15) is 8.78 Å². The van der Waals surface area contributed by atoms with Crippen molar-refractivity contribution in [2.24, 2.45) is 4.99 Å². The van der Waals surface area contributed by atoms with Crippen molar-refractivity contribution in [2.75, 3.05) is 12.0 Å². The summed E-state index contributed by atoms with van der Waals surface area (Å²) in [5, 5.41) is 0.122. The molecule has 1 heterocycles. The van der Waals surface area contributed by atoms with E-state index in [0.717, 1.165) is 24.8 Å². The molecule has 6 nitrogen and oxygen atoms in total. The van der Waals surface area contributed by atoms with Gasteiger partial charge in [-0.05, 0) is 60.9 Å². The van der Waals surface area contributed by atoms with Gasteiger partial charge in [0.05, 0.1) is 18.0 Å². The summed E-state index contributed by atoms with van der Waals surface area (Å²) in [7, 11) is 1.57. The highest BCUT2D eigenvalue weighted by molar-refractivity contribution is 8.15. The van der Waals surface area contributed by atoms with Gasteiger partial charge < -0.3 is 9.47 Å². The van der Waals surface area contributed by atoms with Crippen molar-refractivity contribution >= 4 is 40.4 Å². The summed E-state index contributed by atoms with van der Waals surface area (Å²) < 4.78 is 34.6. The molecule has 1 unspecified atom stereocenters. The number of thioether (sulfide) groups is 1. The van der Waals surface area contributed by atoms with E-state index in [1.807, 2.05) is 12.1 Å². The molecule has 172 valence electrons. The summed E-state index contributed by atoms with van der Waals surface area (Å²) in [4.78, 5) is 31.6. The van der Waals surface area contributed by atoms with Gasteiger partial charge in [0, 0.05) is 6.42 Å². The molecule has 4 rings (SSSR count). The number of anilines is 1. The molecule has 9 heteroatoms. The first-order valence-corrected chi connectivity index (χ1v) is 11.4. The minimum absolute atomic E-state index is 0.0111. The zero-order valence-electron chi connectivity index (χ0n) is 17.9. The lowest BCUT2D eigenvalue weighted by atomic mass is 9.99. The van der Waals surface area contributed by atoms with Crippen LogP contribution in [0.25, 0.3) is 6.08 Å². The summed E-state index contributed by atoms with van der Waals surface area (Å²) in [6.07, 6.45) is 4.73. The number of ether oxygens (including phenoxy) is 2. The van der Waals surface area contributed by atoms with Gasteiger partial charge in [-0.1, -0.05) is 30.3 Å². The molecular formula is C24H22F2N2O4S. The van der Waals surface area contributed by atoms with Crippen LogP contribution in [0, 0.1) is 0 Å². The zero-order chi connectivity index (χ0) is 23.4. The highest BCUT2D eigenvalue weighted by atomic mass is 32.2. The zero-order valence-corrected chi connectivity index (χ0v) is 18.7. The van der Waals surface area contributed by atoms with Gasteiger partial charge in [-0.15, -0.1) is 0 Å². The van der Waals surface area contributed by atoms with E-state index in [1.54, 1.807) is 25.3 Å². The van der Waals surface area contributed by atoms with Gasteiger partial charge in [0.25, 0.3) is 5.91 Å². The number of nitrogens with zero attached hydrogens (tertiary/aromatic N) is 2. The molecule has 0 saturated heterocycles. The number of halogens is 2. The van der Waals surface area contributed by atoms with Crippen LogP contribution >= 0.6 is 11.8 Å². The molecule has 1 amide bonds. The minimum Gasteiger partial charge on any atom is -0.497 e. The standard InChI is InChI=1S/C24H22F2N2O4S/c1-31-17-10-6-15(7-11-17)14-19-22(30)28(16-8-12-18(13-9-16)32-23(25)26)24(27-19)33-21-5-3-2-4-20(21)29/h6-14,21,23H,2-5H2,1H3/b19-14-. The van der Waals surface area contributed by atoms with E-state index in [9.17, 15) is 18.4 Å². The lowest BCUT2D eigenvalue weighted by Crippen LogP contribution is -2.33. The van der Waals surface area contributed by atoms with Gasteiger partial charge in [0.1, 0.15) is 23.0 Å². The Kier molecular flexibility index (Phi) is 7.08. The largest absolute Gasteiger partial charge is 0.497 e. The Morgan fingerprint density at radius 2 is 1.76 bits per heavy atom. The summed E-state index contributed by atoms with van der Waals surface area (Å²) in [5.74, 6) is 0.468. The van der Waals surface area contributed by atoms with Crippen LogP contribution < -0.4 is 14.4 Å². The number of Topliss-reactive ketones (excluding diaryl/α,β-unsaturated/α-hetero) is 1. The van der Waals surface area contributed by atoms with Gasteiger partial charge >= 0.3 is 6.61 Å². The normalized spacial score (nSPS) is 19.9. The van der Waals surface area contributed by atoms with Gasteiger partial charge in [-0.3, -0.25) is 14.5 Å². The molecule has 1 aliphatic carbocycles. The van der Waals surface area contributed by atoms with Gasteiger partial charge in [0.15, 0.2) is 5.17 Å². The van der Waals surface area contributed by atoms with Crippen molar-refractivity contribution in [3.05, 3.63) is 59.8 Å². The average molecular weight is 473 g/mol. The molecule has 2 aromatic carbocycles. The highest BCUT2D eigenvalue weighted by Gasteiger charge is 2.35. The molecule has 0 spiro atoms. The number of alkyl halides is 2. The molecule has 1 fully saturated rings. The monoisotopic (exact) mass is 472 g/mol. The number of ketones is 1. The number of carbonyl (C=O) groups excluding carboxylic acids is 2. The van der Waals surface area contributed by atoms with Crippen LogP contribution in [0.15, 0.2) is 59.2 Å². The third-order valence-corrected chi connectivity index (χ3v) is 6.58. The number of benzene rings is 2. The van der Waals surface area contributed by atoms with Crippen LogP contribution in [0.3, 0.4) is 0 Å². The van der Waals surface area contributed by atoms with E-state index in [1.165, 1.54) is 40.9 Å². The van der Waals surface area contributed by atoms with E-state index in [0.29, 0.717) is 23.0 Å². The van der Waals surface area contributed by atoms with Crippen LogP contribution in [0.2, 0.25) is 0 Å². The number of carbonyl (C=O) groups is 2. The van der Waals surface area contributed by atoms with Crippen LogP contribution in [-0.2, 0) is 9.59 Å². The third kappa shape index (κ3) is 5.42. The number of amides is 1. The molecule has 0 N–H and O–H groups in total. The fraction of sp³-hybridized carbons (Fsp3) is 0.292. The maximum absolute atomic E-state index is 13.3. The van der Waals surface area contributed by atoms with Gasteiger partial charge in [-0.25, -0.2) is 4.99 Å². The second kappa shape index (κ2) is 10.2. The van der Waals surface area contributed by atoms with Crippen LogP contribution in [0.1, 0.15) is 31.2 Å². The SMILES string of the molecule is COc1ccc(/C=C2\N=C(SC3CCCCC3=O)N(c3ccc(OC(F)F)cc3)C2=O)cc1. The molecule has 0 aromatic heterocycles. The fourth-order valence-corrected chi connectivity index (χ4v) is 4.87. The summed E-state index contributed by atoms with van der Waals surface area (Å²) in [6.45, 7) is -2.94. The first-order valence-electron chi connectivity index (χ1n) is 10.5. The number of amidine groups is 1. The van der Waals surface area contributed by atoms with Crippen molar-refractivity contribution in [1.29, 1.82) is 0 Å². The lowest BCUT2D eigenvalue weighted by Gasteiger charge is -2.23.